The van der Waals surface area contributed by atoms with Crippen LogP contribution in [-0.4, -0.2) is 24.9 Å². The SMILES string of the molecule is COc1ccc(NC2=C(SC)C(=O)c3ccccc3C2=O)cc1. The Bertz CT molecular complexity index is 809. The second-order valence-corrected chi connectivity index (χ2v) is 5.78. The maximum atomic E-state index is 12.7. The third kappa shape index (κ3) is 2.75. The maximum Gasteiger partial charge on any atom is 0.211 e. The lowest BCUT2D eigenvalue weighted by Gasteiger charge is -2.21. The molecule has 0 amide bonds. The van der Waals surface area contributed by atoms with Crippen LogP contribution in [-0.2, 0) is 0 Å². The van der Waals surface area contributed by atoms with Crippen molar-refractivity contribution < 1.29 is 14.3 Å². The number of fused-ring (bicyclic) bond motifs is 1. The molecule has 2 aromatic carbocycles. The normalized spacial score (nSPS) is 13.8. The van der Waals surface area contributed by atoms with E-state index in [1.807, 2.05) is 12.1 Å². The van der Waals surface area contributed by atoms with Gasteiger partial charge >= 0.3 is 0 Å². The third-order valence-electron chi connectivity index (χ3n) is 3.64. The fourth-order valence-electron chi connectivity index (χ4n) is 2.48. The Hall–Kier alpha value is -2.53. The number of anilines is 1. The van der Waals surface area contributed by atoms with Gasteiger partial charge in [0.2, 0.25) is 11.6 Å². The van der Waals surface area contributed by atoms with Crippen LogP contribution >= 0.6 is 11.8 Å². The van der Waals surface area contributed by atoms with Crippen LogP contribution in [0, 0.1) is 0 Å². The fraction of sp³-hybridized carbons (Fsp3) is 0.111. The highest BCUT2D eigenvalue weighted by atomic mass is 32.2. The Morgan fingerprint density at radius 2 is 1.52 bits per heavy atom. The Morgan fingerprint density at radius 3 is 2.09 bits per heavy atom. The van der Waals surface area contributed by atoms with Crippen molar-refractivity contribution in [2.45, 2.75) is 0 Å². The molecule has 0 bridgehead atoms. The smallest absolute Gasteiger partial charge is 0.211 e. The van der Waals surface area contributed by atoms with Crippen molar-refractivity contribution in [3.8, 4) is 5.75 Å². The number of nitrogens with one attached hydrogen (secondary N) is 1. The zero-order valence-corrected chi connectivity index (χ0v) is 13.6. The summed E-state index contributed by atoms with van der Waals surface area (Å²) in [5, 5.41) is 3.09. The fourth-order valence-corrected chi connectivity index (χ4v) is 3.12. The molecule has 0 atom stereocenters. The van der Waals surface area contributed by atoms with Gasteiger partial charge in [-0.3, -0.25) is 9.59 Å². The van der Waals surface area contributed by atoms with Crippen LogP contribution in [0.15, 0.2) is 59.1 Å². The average Bonchev–Trinajstić information content (AvgIpc) is 2.60. The number of hydrogen-bond acceptors (Lipinski definition) is 5. The summed E-state index contributed by atoms with van der Waals surface area (Å²) in [5.41, 5.74) is 1.95. The number of carbonyl (C=O) groups excluding carboxylic acids is 2. The number of methoxy groups -OCH3 is 1. The van der Waals surface area contributed by atoms with Crippen LogP contribution in [0.25, 0.3) is 0 Å². The number of Topliss-reactive ketones (excluding diaryl/α,β-unsaturated/α-hetero) is 2. The standard InChI is InChI=1S/C18H15NO3S/c1-22-12-9-7-11(8-10-12)19-15-16(20)13-5-3-4-6-14(13)17(21)18(15)23-2/h3-10,19H,1-2H3. The van der Waals surface area contributed by atoms with Crippen LogP contribution in [0.5, 0.6) is 5.75 Å². The van der Waals surface area contributed by atoms with E-state index in [9.17, 15) is 9.59 Å². The summed E-state index contributed by atoms with van der Waals surface area (Å²) in [5.74, 6) is 0.440. The molecule has 0 aliphatic heterocycles. The summed E-state index contributed by atoms with van der Waals surface area (Å²) in [6, 6.07) is 14.1. The number of hydrogen-bond donors (Lipinski definition) is 1. The van der Waals surface area contributed by atoms with Crippen molar-refractivity contribution in [1.82, 2.24) is 0 Å². The molecule has 4 nitrogen and oxygen atoms in total. The van der Waals surface area contributed by atoms with E-state index < -0.39 is 0 Å². The number of carbonyl (C=O) groups is 2. The molecule has 3 rings (SSSR count). The minimum Gasteiger partial charge on any atom is -0.497 e. The minimum absolute atomic E-state index is 0.122. The monoisotopic (exact) mass is 325 g/mol. The number of allylic oxidation sites excluding steroid dienone is 2. The number of rotatable bonds is 4. The van der Waals surface area contributed by atoms with Gasteiger partial charge in [-0.05, 0) is 30.5 Å². The quantitative estimate of drug-likeness (QED) is 0.927. The zero-order valence-electron chi connectivity index (χ0n) is 12.8. The van der Waals surface area contributed by atoms with E-state index in [-0.39, 0.29) is 11.6 Å². The van der Waals surface area contributed by atoms with E-state index in [0.29, 0.717) is 21.7 Å². The third-order valence-corrected chi connectivity index (χ3v) is 4.44. The predicted octanol–water partition coefficient (Wildman–Crippen LogP) is 3.76. The molecular formula is C18H15NO3S. The topological polar surface area (TPSA) is 55.4 Å². The van der Waals surface area contributed by atoms with Gasteiger partial charge in [0.15, 0.2) is 0 Å². The van der Waals surface area contributed by atoms with Gasteiger partial charge in [-0.15, -0.1) is 11.8 Å². The van der Waals surface area contributed by atoms with Crippen molar-refractivity contribution in [3.05, 3.63) is 70.3 Å². The van der Waals surface area contributed by atoms with Gasteiger partial charge in [0.05, 0.1) is 12.0 Å². The van der Waals surface area contributed by atoms with Gasteiger partial charge in [-0.2, -0.15) is 0 Å². The largest absolute Gasteiger partial charge is 0.497 e. The summed E-state index contributed by atoms with van der Waals surface area (Å²) in [6.07, 6.45) is 1.80. The Morgan fingerprint density at radius 1 is 0.913 bits per heavy atom. The van der Waals surface area contributed by atoms with Gasteiger partial charge in [-0.25, -0.2) is 0 Å². The zero-order chi connectivity index (χ0) is 16.4. The van der Waals surface area contributed by atoms with Gasteiger partial charge in [0.25, 0.3) is 0 Å². The van der Waals surface area contributed by atoms with Crippen LogP contribution in [0.1, 0.15) is 20.7 Å². The lowest BCUT2D eigenvalue weighted by atomic mass is 9.92. The molecule has 0 spiro atoms. The Kier molecular flexibility index (Phi) is 4.21. The van der Waals surface area contributed by atoms with Crippen molar-refractivity contribution in [1.29, 1.82) is 0 Å². The molecule has 0 heterocycles. The second kappa shape index (κ2) is 6.30. The van der Waals surface area contributed by atoms with E-state index in [1.54, 1.807) is 49.8 Å². The average molecular weight is 325 g/mol. The molecule has 0 unspecified atom stereocenters. The van der Waals surface area contributed by atoms with Crippen molar-refractivity contribution in [3.63, 3.8) is 0 Å². The van der Waals surface area contributed by atoms with Gasteiger partial charge in [-0.1, -0.05) is 24.3 Å². The lowest BCUT2D eigenvalue weighted by molar-refractivity contribution is 0.0982. The van der Waals surface area contributed by atoms with Gasteiger partial charge < -0.3 is 10.1 Å². The summed E-state index contributed by atoms with van der Waals surface area (Å²) in [7, 11) is 1.59. The molecule has 0 fully saturated rings. The number of thioether (sulfide) groups is 1. The molecule has 0 saturated heterocycles. The highest BCUT2D eigenvalue weighted by Crippen LogP contribution is 2.32. The first-order valence-corrected chi connectivity index (χ1v) is 8.26. The molecule has 0 aromatic heterocycles. The van der Waals surface area contributed by atoms with Crippen molar-refractivity contribution >= 4 is 29.0 Å². The molecule has 0 saturated carbocycles. The molecule has 23 heavy (non-hydrogen) atoms. The first-order chi connectivity index (χ1) is 11.2. The number of benzene rings is 2. The van der Waals surface area contributed by atoms with Crippen LogP contribution < -0.4 is 10.1 Å². The second-order valence-electron chi connectivity index (χ2n) is 4.97. The molecule has 1 aliphatic rings. The molecule has 116 valence electrons. The predicted molar refractivity (Wildman–Crippen MR) is 92.3 cm³/mol. The van der Waals surface area contributed by atoms with Crippen molar-refractivity contribution in [2.75, 3.05) is 18.7 Å². The molecular weight excluding hydrogens is 310 g/mol. The molecule has 5 heteroatoms. The minimum atomic E-state index is -0.166. The van der Waals surface area contributed by atoms with E-state index >= 15 is 0 Å². The first kappa shape index (κ1) is 15.4. The number of ketones is 2. The van der Waals surface area contributed by atoms with E-state index in [4.69, 9.17) is 4.74 Å². The summed E-state index contributed by atoms with van der Waals surface area (Å²) < 4.78 is 5.12. The highest BCUT2D eigenvalue weighted by molar-refractivity contribution is 8.03. The Balaban J connectivity index is 2.01. The van der Waals surface area contributed by atoms with E-state index in [0.717, 1.165) is 11.4 Å². The van der Waals surface area contributed by atoms with E-state index in [2.05, 4.69) is 5.32 Å². The summed E-state index contributed by atoms with van der Waals surface area (Å²) in [6.45, 7) is 0. The molecule has 2 aromatic rings. The summed E-state index contributed by atoms with van der Waals surface area (Å²) >= 11 is 1.28. The van der Waals surface area contributed by atoms with Crippen LogP contribution in [0.2, 0.25) is 0 Å². The lowest BCUT2D eigenvalue weighted by Crippen LogP contribution is -2.24. The Labute approximate surface area is 138 Å². The van der Waals surface area contributed by atoms with E-state index in [1.165, 1.54) is 11.8 Å². The molecule has 1 N–H and O–H groups in total. The van der Waals surface area contributed by atoms with Crippen molar-refractivity contribution in [2.24, 2.45) is 0 Å². The molecule has 0 radical (unpaired) electrons. The first-order valence-electron chi connectivity index (χ1n) is 7.03. The number of ether oxygens (including phenoxy) is 1. The highest BCUT2D eigenvalue weighted by Gasteiger charge is 2.31. The maximum absolute atomic E-state index is 12.7. The summed E-state index contributed by atoms with van der Waals surface area (Å²) in [4.78, 5) is 25.8. The van der Waals surface area contributed by atoms with Crippen LogP contribution in [0.3, 0.4) is 0 Å². The van der Waals surface area contributed by atoms with Gasteiger partial charge in [0, 0.05) is 16.8 Å². The molecule has 1 aliphatic carbocycles. The van der Waals surface area contributed by atoms with Gasteiger partial charge in [0.1, 0.15) is 11.4 Å². The van der Waals surface area contributed by atoms with Crippen LogP contribution in [0.4, 0.5) is 5.69 Å².